The van der Waals surface area contributed by atoms with Crippen molar-refractivity contribution in [1.29, 1.82) is 0 Å². The third-order valence-electron chi connectivity index (χ3n) is 3.06. The standard InChI is InChI=1S/C11H20N4/c1-3-15(9-10-5-4-6-12-10)11-13-7-8-14(11)2/h7-8,10,12H,3-6,9H2,1-2H3. The lowest BCUT2D eigenvalue weighted by Crippen LogP contribution is -2.38. The number of nitrogens with zero attached hydrogens (tertiary/aromatic N) is 3. The van der Waals surface area contributed by atoms with Crippen molar-refractivity contribution in [2.75, 3.05) is 24.5 Å². The van der Waals surface area contributed by atoms with Crippen LogP contribution in [0.5, 0.6) is 0 Å². The number of hydrogen-bond acceptors (Lipinski definition) is 3. The van der Waals surface area contributed by atoms with Gasteiger partial charge in [-0.25, -0.2) is 4.98 Å². The highest BCUT2D eigenvalue weighted by molar-refractivity contribution is 5.31. The fourth-order valence-electron chi connectivity index (χ4n) is 2.19. The van der Waals surface area contributed by atoms with Crippen LogP contribution in [-0.2, 0) is 7.05 Å². The van der Waals surface area contributed by atoms with Crippen molar-refractivity contribution in [1.82, 2.24) is 14.9 Å². The van der Waals surface area contributed by atoms with Gasteiger partial charge in [0.2, 0.25) is 5.95 Å². The Hall–Kier alpha value is -1.03. The highest BCUT2D eigenvalue weighted by Gasteiger charge is 2.18. The van der Waals surface area contributed by atoms with E-state index in [0.29, 0.717) is 6.04 Å². The number of hydrogen-bond donors (Lipinski definition) is 1. The SMILES string of the molecule is CCN(CC1CCCN1)c1nccn1C. The first-order chi connectivity index (χ1) is 7.31. The molecule has 1 unspecified atom stereocenters. The molecule has 2 rings (SSSR count). The summed E-state index contributed by atoms with van der Waals surface area (Å²) in [6.45, 7) is 5.44. The van der Waals surface area contributed by atoms with Crippen molar-refractivity contribution in [2.24, 2.45) is 7.05 Å². The molecule has 1 atom stereocenters. The van der Waals surface area contributed by atoms with Gasteiger partial charge < -0.3 is 14.8 Å². The molecule has 0 amide bonds. The van der Waals surface area contributed by atoms with Crippen LogP contribution in [0.2, 0.25) is 0 Å². The molecule has 0 aromatic carbocycles. The Bertz CT molecular complexity index is 301. The van der Waals surface area contributed by atoms with Gasteiger partial charge in [0, 0.05) is 38.6 Å². The predicted molar refractivity (Wildman–Crippen MR) is 62.1 cm³/mol. The molecule has 2 heterocycles. The van der Waals surface area contributed by atoms with Gasteiger partial charge in [-0.1, -0.05) is 0 Å². The van der Waals surface area contributed by atoms with Crippen LogP contribution in [0.15, 0.2) is 12.4 Å². The van der Waals surface area contributed by atoms with Crippen LogP contribution in [0.4, 0.5) is 5.95 Å². The first-order valence-electron chi connectivity index (χ1n) is 5.77. The van der Waals surface area contributed by atoms with Gasteiger partial charge in [-0.2, -0.15) is 0 Å². The highest BCUT2D eigenvalue weighted by Crippen LogP contribution is 2.13. The second kappa shape index (κ2) is 4.66. The molecule has 15 heavy (non-hydrogen) atoms. The summed E-state index contributed by atoms with van der Waals surface area (Å²) in [7, 11) is 2.05. The molecule has 1 aliphatic rings. The van der Waals surface area contributed by atoms with Crippen molar-refractivity contribution in [3.8, 4) is 0 Å². The summed E-state index contributed by atoms with van der Waals surface area (Å²) in [5.74, 6) is 1.08. The zero-order chi connectivity index (χ0) is 10.7. The van der Waals surface area contributed by atoms with Crippen molar-refractivity contribution in [2.45, 2.75) is 25.8 Å². The lowest BCUT2D eigenvalue weighted by Gasteiger charge is -2.25. The molecule has 84 valence electrons. The number of aryl methyl sites for hydroxylation is 1. The Labute approximate surface area is 91.3 Å². The minimum absolute atomic E-state index is 0.640. The summed E-state index contributed by atoms with van der Waals surface area (Å²) in [4.78, 5) is 6.73. The van der Waals surface area contributed by atoms with E-state index in [1.807, 2.05) is 19.4 Å². The molecule has 1 N–H and O–H groups in total. The number of likely N-dealkylation sites (N-methyl/N-ethyl adjacent to an activating group) is 1. The van der Waals surface area contributed by atoms with Crippen molar-refractivity contribution < 1.29 is 0 Å². The van der Waals surface area contributed by atoms with Crippen molar-refractivity contribution in [3.05, 3.63) is 12.4 Å². The lowest BCUT2D eigenvalue weighted by atomic mass is 10.2. The molecule has 0 spiro atoms. The molecule has 0 saturated carbocycles. The van der Waals surface area contributed by atoms with E-state index in [-0.39, 0.29) is 0 Å². The van der Waals surface area contributed by atoms with E-state index in [1.54, 1.807) is 0 Å². The minimum atomic E-state index is 0.640. The fraction of sp³-hybridized carbons (Fsp3) is 0.727. The number of aromatic nitrogens is 2. The maximum Gasteiger partial charge on any atom is 0.205 e. The zero-order valence-electron chi connectivity index (χ0n) is 9.61. The molecule has 0 radical (unpaired) electrons. The predicted octanol–water partition coefficient (Wildman–Crippen LogP) is 0.998. The van der Waals surface area contributed by atoms with Gasteiger partial charge in [0.1, 0.15) is 0 Å². The van der Waals surface area contributed by atoms with Crippen LogP contribution >= 0.6 is 0 Å². The summed E-state index contributed by atoms with van der Waals surface area (Å²) in [6, 6.07) is 0.640. The van der Waals surface area contributed by atoms with Gasteiger partial charge >= 0.3 is 0 Å². The van der Waals surface area contributed by atoms with Crippen LogP contribution < -0.4 is 10.2 Å². The summed E-state index contributed by atoms with van der Waals surface area (Å²) in [5.41, 5.74) is 0. The lowest BCUT2D eigenvalue weighted by molar-refractivity contribution is 0.576. The van der Waals surface area contributed by atoms with Gasteiger partial charge in [-0.3, -0.25) is 0 Å². The second-order valence-corrected chi connectivity index (χ2v) is 4.17. The van der Waals surface area contributed by atoms with E-state index in [2.05, 4.69) is 26.7 Å². The van der Waals surface area contributed by atoms with Gasteiger partial charge in [-0.05, 0) is 26.3 Å². The molecular formula is C11H20N4. The molecule has 0 bridgehead atoms. The molecular weight excluding hydrogens is 188 g/mol. The molecule has 1 aliphatic heterocycles. The topological polar surface area (TPSA) is 33.1 Å². The van der Waals surface area contributed by atoms with Crippen LogP contribution in [0.1, 0.15) is 19.8 Å². The maximum atomic E-state index is 4.39. The van der Waals surface area contributed by atoms with Gasteiger partial charge in [-0.15, -0.1) is 0 Å². The Morgan fingerprint density at radius 1 is 1.67 bits per heavy atom. The summed E-state index contributed by atoms with van der Waals surface area (Å²) in [6.07, 6.45) is 6.46. The Morgan fingerprint density at radius 2 is 2.53 bits per heavy atom. The number of nitrogens with one attached hydrogen (secondary N) is 1. The molecule has 1 aromatic rings. The van der Waals surface area contributed by atoms with E-state index in [1.165, 1.54) is 19.4 Å². The van der Waals surface area contributed by atoms with Crippen LogP contribution in [0, 0.1) is 0 Å². The average molecular weight is 208 g/mol. The van der Waals surface area contributed by atoms with Crippen molar-refractivity contribution >= 4 is 5.95 Å². The smallest absolute Gasteiger partial charge is 0.205 e. The molecule has 4 nitrogen and oxygen atoms in total. The Balaban J connectivity index is 2.00. The van der Waals surface area contributed by atoms with E-state index in [0.717, 1.165) is 19.0 Å². The Kier molecular flexibility index (Phi) is 3.26. The molecule has 4 heteroatoms. The number of rotatable bonds is 4. The molecule has 1 saturated heterocycles. The summed E-state index contributed by atoms with van der Waals surface area (Å²) >= 11 is 0. The van der Waals surface area contributed by atoms with Gasteiger partial charge in [0.15, 0.2) is 0 Å². The summed E-state index contributed by atoms with van der Waals surface area (Å²) < 4.78 is 2.08. The zero-order valence-corrected chi connectivity index (χ0v) is 9.61. The average Bonchev–Trinajstić information content (AvgIpc) is 2.85. The van der Waals surface area contributed by atoms with Gasteiger partial charge in [0.25, 0.3) is 0 Å². The number of imidazole rings is 1. The van der Waals surface area contributed by atoms with E-state index in [4.69, 9.17) is 0 Å². The minimum Gasteiger partial charge on any atom is -0.341 e. The first kappa shape index (κ1) is 10.5. The largest absolute Gasteiger partial charge is 0.341 e. The Morgan fingerprint density at radius 3 is 3.07 bits per heavy atom. The molecule has 1 fully saturated rings. The number of anilines is 1. The van der Waals surface area contributed by atoms with Crippen molar-refractivity contribution in [3.63, 3.8) is 0 Å². The van der Waals surface area contributed by atoms with Crippen LogP contribution in [0.25, 0.3) is 0 Å². The van der Waals surface area contributed by atoms with Crippen LogP contribution in [0.3, 0.4) is 0 Å². The second-order valence-electron chi connectivity index (χ2n) is 4.17. The first-order valence-corrected chi connectivity index (χ1v) is 5.77. The summed E-state index contributed by atoms with van der Waals surface area (Å²) in [5, 5.41) is 3.52. The monoisotopic (exact) mass is 208 g/mol. The van der Waals surface area contributed by atoms with E-state index < -0.39 is 0 Å². The quantitative estimate of drug-likeness (QED) is 0.801. The highest BCUT2D eigenvalue weighted by atomic mass is 15.3. The third-order valence-corrected chi connectivity index (χ3v) is 3.06. The molecule has 1 aromatic heterocycles. The van der Waals surface area contributed by atoms with E-state index >= 15 is 0 Å². The third kappa shape index (κ3) is 2.31. The normalized spacial score (nSPS) is 20.8. The van der Waals surface area contributed by atoms with E-state index in [9.17, 15) is 0 Å². The molecule has 0 aliphatic carbocycles. The van der Waals surface area contributed by atoms with Crippen LogP contribution in [-0.4, -0.2) is 35.2 Å². The maximum absolute atomic E-state index is 4.39. The van der Waals surface area contributed by atoms with Gasteiger partial charge in [0.05, 0.1) is 0 Å². The fourth-order valence-corrected chi connectivity index (χ4v) is 2.19.